The average Bonchev–Trinajstić information content (AvgIpc) is 2.97. The molecule has 3 rings (SSSR count). The Labute approximate surface area is 233 Å². The number of para-hydroxylation sites is 2. The zero-order chi connectivity index (χ0) is 28.0. The van der Waals surface area contributed by atoms with E-state index in [4.69, 9.17) is 14.2 Å². The Morgan fingerprint density at radius 2 is 1.54 bits per heavy atom. The summed E-state index contributed by atoms with van der Waals surface area (Å²) in [5, 5.41) is 3.06. The van der Waals surface area contributed by atoms with E-state index in [-0.39, 0.29) is 12.1 Å². The molecule has 3 aromatic carbocycles. The largest absolute Gasteiger partial charge is 0.495 e. The lowest BCUT2D eigenvalue weighted by atomic mass is 10.1. The number of hydrogen-bond acceptors (Lipinski definition) is 5. The Hall–Kier alpha value is -3.71. The molecule has 0 bridgehead atoms. The molecule has 1 N–H and O–H groups in total. The van der Waals surface area contributed by atoms with Crippen LogP contribution in [0.25, 0.3) is 0 Å². The summed E-state index contributed by atoms with van der Waals surface area (Å²) in [5.74, 6) is 1.94. The van der Waals surface area contributed by atoms with Crippen molar-refractivity contribution < 1.29 is 19.0 Å². The van der Waals surface area contributed by atoms with Crippen LogP contribution >= 0.6 is 0 Å². The van der Waals surface area contributed by atoms with Crippen molar-refractivity contribution in [2.75, 3.05) is 39.2 Å². The fourth-order valence-electron chi connectivity index (χ4n) is 4.53. The molecule has 1 atom stereocenters. The van der Waals surface area contributed by atoms with Gasteiger partial charge in [0, 0.05) is 12.6 Å². The maximum atomic E-state index is 13.6. The maximum absolute atomic E-state index is 13.6. The van der Waals surface area contributed by atoms with E-state index in [0.29, 0.717) is 36.1 Å². The number of amides is 2. The van der Waals surface area contributed by atoms with Gasteiger partial charge in [-0.25, -0.2) is 4.79 Å². The molecular formula is C32H43N3O4. The molecular weight excluding hydrogens is 490 g/mol. The molecule has 0 aromatic heterocycles. The third-order valence-electron chi connectivity index (χ3n) is 6.95. The molecule has 0 saturated heterocycles. The molecule has 3 aromatic rings. The summed E-state index contributed by atoms with van der Waals surface area (Å²) >= 11 is 0. The summed E-state index contributed by atoms with van der Waals surface area (Å²) < 4.78 is 17.1. The molecule has 1 unspecified atom stereocenters. The first kappa shape index (κ1) is 29.8. The Balaban J connectivity index is 1.76. The van der Waals surface area contributed by atoms with Gasteiger partial charge in [-0.1, -0.05) is 62.4 Å². The van der Waals surface area contributed by atoms with Crippen molar-refractivity contribution >= 4 is 11.7 Å². The van der Waals surface area contributed by atoms with Crippen LogP contribution in [0.2, 0.25) is 0 Å². The molecule has 210 valence electrons. The first-order chi connectivity index (χ1) is 19.0. The number of carbonyl (C=O) groups excluding carboxylic acids is 1. The van der Waals surface area contributed by atoms with Gasteiger partial charge in [-0.15, -0.1) is 0 Å². The van der Waals surface area contributed by atoms with E-state index >= 15 is 0 Å². The lowest BCUT2D eigenvalue weighted by Gasteiger charge is -2.31. The van der Waals surface area contributed by atoms with Gasteiger partial charge in [0.15, 0.2) is 11.5 Å². The molecule has 0 radical (unpaired) electrons. The fraction of sp³-hybridized carbons (Fsp3) is 0.406. The molecule has 0 heterocycles. The molecule has 7 heteroatoms. The monoisotopic (exact) mass is 533 g/mol. The number of carbonyl (C=O) groups is 1. The van der Waals surface area contributed by atoms with E-state index in [0.717, 1.165) is 43.6 Å². The van der Waals surface area contributed by atoms with Crippen molar-refractivity contribution in [2.45, 2.75) is 52.8 Å². The lowest BCUT2D eigenvalue weighted by molar-refractivity contribution is 0.180. The molecule has 0 aliphatic heterocycles. The molecule has 0 fully saturated rings. The van der Waals surface area contributed by atoms with Crippen LogP contribution in [0.3, 0.4) is 0 Å². The second-order valence-corrected chi connectivity index (χ2v) is 9.54. The van der Waals surface area contributed by atoms with Crippen LogP contribution in [0.4, 0.5) is 10.5 Å². The number of hydrogen-bond donors (Lipinski definition) is 1. The van der Waals surface area contributed by atoms with Gasteiger partial charge in [0.25, 0.3) is 0 Å². The Bertz CT molecular complexity index is 1150. The van der Waals surface area contributed by atoms with E-state index in [9.17, 15) is 4.79 Å². The van der Waals surface area contributed by atoms with Crippen molar-refractivity contribution in [3.8, 4) is 17.2 Å². The minimum absolute atomic E-state index is 0.0234. The predicted molar refractivity (Wildman–Crippen MR) is 158 cm³/mol. The highest BCUT2D eigenvalue weighted by molar-refractivity contribution is 5.91. The van der Waals surface area contributed by atoms with Crippen LogP contribution in [0.5, 0.6) is 17.2 Å². The number of methoxy groups -OCH3 is 2. The standard InChI is InChI=1S/C32H43N3O4/c1-6-34(7-2)21-13-14-25(3)35(32(36)33-28-17-11-12-18-29(28)37-4)23-27-19-20-30(31(22-27)38-5)39-24-26-15-9-8-10-16-26/h8-12,15-20,22,25H,6-7,13-14,21,23-24H2,1-5H3,(H,33,36). The van der Waals surface area contributed by atoms with Crippen LogP contribution in [-0.4, -0.2) is 55.7 Å². The number of benzene rings is 3. The number of nitrogens with one attached hydrogen (secondary N) is 1. The van der Waals surface area contributed by atoms with Crippen LogP contribution in [0.1, 0.15) is 44.7 Å². The van der Waals surface area contributed by atoms with E-state index in [1.807, 2.05) is 77.7 Å². The highest BCUT2D eigenvalue weighted by atomic mass is 16.5. The summed E-state index contributed by atoms with van der Waals surface area (Å²) in [5.41, 5.74) is 2.69. The minimum atomic E-state index is -0.168. The molecule has 7 nitrogen and oxygen atoms in total. The number of anilines is 1. The molecule has 2 amide bonds. The minimum Gasteiger partial charge on any atom is -0.495 e. The van der Waals surface area contributed by atoms with E-state index in [1.54, 1.807) is 14.2 Å². The van der Waals surface area contributed by atoms with Gasteiger partial charge in [-0.05, 0) is 74.8 Å². The molecule has 39 heavy (non-hydrogen) atoms. The maximum Gasteiger partial charge on any atom is 0.322 e. The normalized spacial score (nSPS) is 11.6. The summed E-state index contributed by atoms with van der Waals surface area (Å²) in [6, 6.07) is 23.2. The second kappa shape index (κ2) is 15.6. The van der Waals surface area contributed by atoms with Crippen LogP contribution < -0.4 is 19.5 Å². The van der Waals surface area contributed by atoms with Gasteiger partial charge >= 0.3 is 6.03 Å². The average molecular weight is 534 g/mol. The van der Waals surface area contributed by atoms with Gasteiger partial charge in [0.05, 0.1) is 19.9 Å². The summed E-state index contributed by atoms with van der Waals surface area (Å²) in [7, 11) is 3.24. The van der Waals surface area contributed by atoms with Gasteiger partial charge < -0.3 is 29.3 Å². The van der Waals surface area contributed by atoms with Crippen molar-refractivity contribution in [1.29, 1.82) is 0 Å². The first-order valence-corrected chi connectivity index (χ1v) is 13.8. The number of urea groups is 1. The van der Waals surface area contributed by atoms with Gasteiger partial charge in [0.2, 0.25) is 0 Å². The van der Waals surface area contributed by atoms with Crippen molar-refractivity contribution in [1.82, 2.24) is 9.80 Å². The number of rotatable bonds is 15. The summed E-state index contributed by atoms with van der Waals surface area (Å²) in [6.07, 6.45) is 1.90. The van der Waals surface area contributed by atoms with Crippen molar-refractivity contribution in [3.63, 3.8) is 0 Å². The molecule has 0 aliphatic rings. The fourth-order valence-corrected chi connectivity index (χ4v) is 4.53. The third-order valence-corrected chi connectivity index (χ3v) is 6.95. The third kappa shape index (κ3) is 8.93. The molecule has 0 spiro atoms. The predicted octanol–water partition coefficient (Wildman–Crippen LogP) is 6.83. The highest BCUT2D eigenvalue weighted by Crippen LogP contribution is 2.30. The van der Waals surface area contributed by atoms with Crippen molar-refractivity contribution in [2.24, 2.45) is 0 Å². The van der Waals surface area contributed by atoms with Crippen molar-refractivity contribution in [3.05, 3.63) is 83.9 Å². The van der Waals surface area contributed by atoms with E-state index in [1.165, 1.54) is 0 Å². The topological polar surface area (TPSA) is 63.3 Å². The summed E-state index contributed by atoms with van der Waals surface area (Å²) in [6.45, 7) is 10.4. The quantitative estimate of drug-likeness (QED) is 0.232. The summed E-state index contributed by atoms with van der Waals surface area (Å²) in [4.78, 5) is 17.9. The smallest absolute Gasteiger partial charge is 0.322 e. The Morgan fingerprint density at radius 3 is 2.23 bits per heavy atom. The van der Waals surface area contributed by atoms with Crippen LogP contribution in [-0.2, 0) is 13.2 Å². The van der Waals surface area contributed by atoms with E-state index in [2.05, 4.69) is 31.0 Å². The Kier molecular flexibility index (Phi) is 12.0. The zero-order valence-corrected chi connectivity index (χ0v) is 24.0. The van der Waals surface area contributed by atoms with Gasteiger partial charge in [-0.3, -0.25) is 0 Å². The van der Waals surface area contributed by atoms with Crippen LogP contribution in [0, 0.1) is 0 Å². The van der Waals surface area contributed by atoms with Gasteiger partial charge in [-0.2, -0.15) is 0 Å². The number of nitrogens with zero attached hydrogens (tertiary/aromatic N) is 2. The first-order valence-electron chi connectivity index (χ1n) is 13.8. The Morgan fingerprint density at radius 1 is 0.846 bits per heavy atom. The second-order valence-electron chi connectivity index (χ2n) is 9.54. The lowest BCUT2D eigenvalue weighted by Crippen LogP contribution is -2.41. The SMILES string of the molecule is CCN(CC)CCCC(C)N(Cc1ccc(OCc2ccccc2)c(OC)c1)C(=O)Nc1ccccc1OC. The molecule has 0 aliphatic carbocycles. The number of ether oxygens (including phenoxy) is 3. The van der Waals surface area contributed by atoms with E-state index < -0.39 is 0 Å². The van der Waals surface area contributed by atoms with Gasteiger partial charge in [0.1, 0.15) is 12.4 Å². The highest BCUT2D eigenvalue weighted by Gasteiger charge is 2.22. The van der Waals surface area contributed by atoms with Crippen LogP contribution in [0.15, 0.2) is 72.8 Å². The molecule has 0 saturated carbocycles. The zero-order valence-electron chi connectivity index (χ0n) is 24.0.